The van der Waals surface area contributed by atoms with Gasteiger partial charge in [0.25, 0.3) is 5.79 Å². The van der Waals surface area contributed by atoms with E-state index in [0.717, 1.165) is 0 Å². The molecule has 8 heteroatoms. The second-order valence-electron chi connectivity index (χ2n) is 5.59. The number of benzene rings is 1. The van der Waals surface area contributed by atoms with Crippen molar-refractivity contribution in [1.29, 1.82) is 0 Å². The Morgan fingerprint density at radius 1 is 1.24 bits per heavy atom. The summed E-state index contributed by atoms with van der Waals surface area (Å²) in [7, 11) is 0. The molecule has 1 aromatic rings. The van der Waals surface area contributed by atoms with Gasteiger partial charge in [-0.15, -0.1) is 0 Å². The number of cyclic esters (lactones) is 2. The third-order valence-corrected chi connectivity index (χ3v) is 3.81. The predicted octanol–water partition coefficient (Wildman–Crippen LogP) is 2.83. The van der Waals surface area contributed by atoms with Crippen molar-refractivity contribution in [2.45, 2.75) is 33.5 Å². The van der Waals surface area contributed by atoms with Crippen LogP contribution in [0.25, 0.3) is 6.08 Å². The highest BCUT2D eigenvalue weighted by Crippen LogP contribution is 2.35. The Bertz CT molecular complexity index is 743. The van der Waals surface area contributed by atoms with Crippen molar-refractivity contribution in [3.63, 3.8) is 0 Å². The highest BCUT2D eigenvalue weighted by atomic mass is 127. The number of esters is 3. The van der Waals surface area contributed by atoms with E-state index < -0.39 is 23.7 Å². The molecule has 1 fully saturated rings. The summed E-state index contributed by atoms with van der Waals surface area (Å²) in [6, 6.07) is 3.21. The lowest BCUT2D eigenvalue weighted by Gasteiger charge is -2.29. The summed E-state index contributed by atoms with van der Waals surface area (Å²) in [4.78, 5) is 35.3. The van der Waals surface area contributed by atoms with Crippen molar-refractivity contribution in [3.8, 4) is 11.5 Å². The molecule has 1 aromatic carbocycles. The van der Waals surface area contributed by atoms with E-state index in [0.29, 0.717) is 21.5 Å². The zero-order chi connectivity index (χ0) is 18.8. The molecule has 0 saturated carbocycles. The van der Waals surface area contributed by atoms with Crippen molar-refractivity contribution >= 4 is 46.6 Å². The lowest BCUT2D eigenvalue weighted by atomic mass is 10.1. The van der Waals surface area contributed by atoms with Gasteiger partial charge in [0.05, 0.1) is 10.2 Å². The molecule has 25 heavy (non-hydrogen) atoms. The van der Waals surface area contributed by atoms with Crippen LogP contribution in [0.5, 0.6) is 11.5 Å². The Labute approximate surface area is 158 Å². The van der Waals surface area contributed by atoms with Crippen molar-refractivity contribution in [2.75, 3.05) is 6.61 Å². The Morgan fingerprint density at radius 3 is 2.36 bits per heavy atom. The summed E-state index contributed by atoms with van der Waals surface area (Å²) in [5, 5.41) is 0. The first-order valence-electron chi connectivity index (χ1n) is 7.46. The number of halogens is 1. The standard InChI is InChI=1S/C17H17IO7/c1-5-22-13-8-10(7-12(18)14(13)23-9(2)19)6-11-15(20)24-17(3,4)25-16(11)21/h6-8H,5H2,1-4H3. The second-order valence-corrected chi connectivity index (χ2v) is 6.76. The number of carbonyl (C=O) groups is 3. The number of hydrogen-bond acceptors (Lipinski definition) is 7. The molecule has 1 saturated heterocycles. The minimum absolute atomic E-state index is 0.224. The van der Waals surface area contributed by atoms with Gasteiger partial charge in [0.1, 0.15) is 5.57 Å². The summed E-state index contributed by atoms with van der Waals surface area (Å²) in [5.74, 6) is -2.69. The molecule has 0 amide bonds. The minimum atomic E-state index is -1.30. The molecule has 0 N–H and O–H groups in total. The first kappa shape index (κ1) is 19.2. The van der Waals surface area contributed by atoms with Gasteiger partial charge < -0.3 is 18.9 Å². The lowest BCUT2D eigenvalue weighted by Crippen LogP contribution is -2.41. The zero-order valence-corrected chi connectivity index (χ0v) is 16.3. The first-order chi connectivity index (χ1) is 11.6. The summed E-state index contributed by atoms with van der Waals surface area (Å²) in [6.07, 6.45) is 1.35. The Kier molecular flexibility index (Phi) is 5.71. The normalized spacial score (nSPS) is 16.0. The van der Waals surface area contributed by atoms with Gasteiger partial charge in [-0.05, 0) is 53.3 Å². The van der Waals surface area contributed by atoms with Crippen LogP contribution >= 0.6 is 22.6 Å². The molecular weight excluding hydrogens is 443 g/mol. The Morgan fingerprint density at radius 2 is 1.84 bits per heavy atom. The quantitative estimate of drug-likeness (QED) is 0.225. The molecule has 0 unspecified atom stereocenters. The van der Waals surface area contributed by atoms with E-state index in [1.807, 2.05) is 22.6 Å². The summed E-state index contributed by atoms with van der Waals surface area (Å²) in [5.41, 5.74) is 0.283. The zero-order valence-electron chi connectivity index (χ0n) is 14.2. The van der Waals surface area contributed by atoms with Gasteiger partial charge >= 0.3 is 17.9 Å². The van der Waals surface area contributed by atoms with Crippen LogP contribution in [0.4, 0.5) is 0 Å². The van der Waals surface area contributed by atoms with Crippen molar-refractivity contribution in [3.05, 3.63) is 26.8 Å². The van der Waals surface area contributed by atoms with E-state index >= 15 is 0 Å². The minimum Gasteiger partial charge on any atom is -0.490 e. The maximum absolute atomic E-state index is 12.0. The fourth-order valence-corrected chi connectivity index (χ4v) is 2.86. The van der Waals surface area contributed by atoms with Crippen LogP contribution in [-0.2, 0) is 23.9 Å². The molecule has 2 rings (SSSR count). The number of rotatable bonds is 4. The summed E-state index contributed by atoms with van der Waals surface area (Å²) < 4.78 is 21.4. The predicted molar refractivity (Wildman–Crippen MR) is 95.9 cm³/mol. The molecule has 0 aliphatic carbocycles. The van der Waals surface area contributed by atoms with E-state index in [9.17, 15) is 14.4 Å². The van der Waals surface area contributed by atoms with Crippen LogP contribution in [-0.4, -0.2) is 30.3 Å². The van der Waals surface area contributed by atoms with Crippen LogP contribution in [0.1, 0.15) is 33.3 Å². The van der Waals surface area contributed by atoms with Crippen LogP contribution in [0.3, 0.4) is 0 Å². The Hall–Kier alpha value is -2.10. The van der Waals surface area contributed by atoms with Gasteiger partial charge in [0, 0.05) is 20.8 Å². The fourth-order valence-electron chi connectivity index (χ4n) is 2.12. The van der Waals surface area contributed by atoms with E-state index in [1.165, 1.54) is 26.8 Å². The van der Waals surface area contributed by atoms with Gasteiger partial charge in [-0.25, -0.2) is 9.59 Å². The second kappa shape index (κ2) is 7.42. The van der Waals surface area contributed by atoms with Gasteiger partial charge in [-0.2, -0.15) is 0 Å². The van der Waals surface area contributed by atoms with Crippen molar-refractivity contribution in [1.82, 2.24) is 0 Å². The average Bonchev–Trinajstić information content (AvgIpc) is 2.45. The molecule has 1 aliphatic rings. The third-order valence-electron chi connectivity index (χ3n) is 3.01. The number of hydrogen-bond donors (Lipinski definition) is 0. The van der Waals surface area contributed by atoms with Crippen LogP contribution in [0, 0.1) is 3.57 Å². The summed E-state index contributed by atoms with van der Waals surface area (Å²) in [6.45, 7) is 6.38. The maximum Gasteiger partial charge on any atom is 0.348 e. The largest absolute Gasteiger partial charge is 0.490 e. The molecule has 1 heterocycles. The van der Waals surface area contributed by atoms with E-state index in [-0.39, 0.29) is 11.3 Å². The molecule has 0 spiro atoms. The fraction of sp³-hybridized carbons (Fsp3) is 0.353. The van der Waals surface area contributed by atoms with Crippen LogP contribution < -0.4 is 9.47 Å². The number of carbonyl (C=O) groups excluding carboxylic acids is 3. The molecule has 7 nitrogen and oxygen atoms in total. The van der Waals surface area contributed by atoms with Gasteiger partial charge in [-0.1, -0.05) is 0 Å². The van der Waals surface area contributed by atoms with Gasteiger partial charge in [-0.3, -0.25) is 4.79 Å². The number of ether oxygens (including phenoxy) is 4. The average molecular weight is 460 g/mol. The van der Waals surface area contributed by atoms with E-state index in [4.69, 9.17) is 18.9 Å². The molecule has 1 aliphatic heterocycles. The SMILES string of the molecule is CCOc1cc(C=C2C(=O)OC(C)(C)OC2=O)cc(I)c1OC(C)=O. The van der Waals surface area contributed by atoms with Gasteiger partial charge in [0.15, 0.2) is 11.5 Å². The molecule has 0 aromatic heterocycles. The summed E-state index contributed by atoms with van der Waals surface area (Å²) >= 11 is 1.98. The molecular formula is C17H17IO7. The third kappa shape index (κ3) is 4.71. The molecule has 0 bridgehead atoms. The van der Waals surface area contributed by atoms with Crippen molar-refractivity contribution in [2.24, 2.45) is 0 Å². The highest BCUT2D eigenvalue weighted by Gasteiger charge is 2.38. The van der Waals surface area contributed by atoms with Gasteiger partial charge in [0.2, 0.25) is 0 Å². The van der Waals surface area contributed by atoms with Crippen molar-refractivity contribution < 1.29 is 33.3 Å². The highest BCUT2D eigenvalue weighted by molar-refractivity contribution is 14.1. The smallest absolute Gasteiger partial charge is 0.348 e. The first-order valence-corrected chi connectivity index (χ1v) is 8.54. The Balaban J connectivity index is 2.44. The monoisotopic (exact) mass is 460 g/mol. The van der Waals surface area contributed by atoms with Crippen LogP contribution in [0.15, 0.2) is 17.7 Å². The maximum atomic E-state index is 12.0. The van der Waals surface area contributed by atoms with E-state index in [1.54, 1.807) is 19.1 Å². The molecule has 0 radical (unpaired) electrons. The molecule has 0 atom stereocenters. The lowest BCUT2D eigenvalue weighted by molar-refractivity contribution is -0.222. The van der Waals surface area contributed by atoms with Crippen LogP contribution in [0.2, 0.25) is 0 Å². The topological polar surface area (TPSA) is 88.1 Å². The molecule has 134 valence electrons. The van der Waals surface area contributed by atoms with E-state index in [2.05, 4.69) is 0 Å².